The minimum atomic E-state index is -2.88. The van der Waals surface area contributed by atoms with Crippen LogP contribution in [-0.2, 0) is 14.5 Å². The topological polar surface area (TPSA) is 72.8 Å². The molecule has 1 amide bonds. The fraction of sp³-hybridized carbons (Fsp3) is 0.176. The second-order valence-corrected chi connectivity index (χ2v) is 7.36. The highest BCUT2D eigenvalue weighted by molar-refractivity contribution is 7.93. The van der Waals surface area contributed by atoms with Gasteiger partial charge in [-0.3, -0.25) is 9.59 Å². The van der Waals surface area contributed by atoms with E-state index in [1.54, 1.807) is 49.4 Å². The summed E-state index contributed by atoms with van der Waals surface area (Å²) in [5, 5.41) is 0. The van der Waals surface area contributed by atoms with Crippen LogP contribution < -0.4 is 4.74 Å². The molecule has 2 aromatic rings. The van der Waals surface area contributed by atoms with Crippen molar-refractivity contribution in [3.8, 4) is 5.75 Å². The number of carbonyl (C=O) groups excluding carboxylic acids is 2. The molecule has 0 heterocycles. The molecular weight excluding hydrogens is 314 g/mol. The van der Waals surface area contributed by atoms with Gasteiger partial charge in [0.1, 0.15) is 5.75 Å². The van der Waals surface area contributed by atoms with Gasteiger partial charge in [0.2, 0.25) is 0 Å². The van der Waals surface area contributed by atoms with Gasteiger partial charge in [-0.05, 0) is 31.2 Å². The molecule has 0 fully saturated rings. The Morgan fingerprint density at radius 2 is 1.74 bits per heavy atom. The van der Waals surface area contributed by atoms with Crippen molar-refractivity contribution >= 4 is 21.6 Å². The van der Waals surface area contributed by atoms with Gasteiger partial charge in [0, 0.05) is 18.1 Å². The van der Waals surface area contributed by atoms with E-state index in [1.165, 1.54) is 19.2 Å². The van der Waals surface area contributed by atoms with Crippen molar-refractivity contribution in [2.24, 2.45) is 4.36 Å². The van der Waals surface area contributed by atoms with E-state index in [0.29, 0.717) is 4.90 Å². The van der Waals surface area contributed by atoms with Crippen molar-refractivity contribution in [2.75, 3.05) is 6.26 Å². The third-order valence-corrected chi connectivity index (χ3v) is 4.72. The van der Waals surface area contributed by atoms with Gasteiger partial charge in [0.05, 0.1) is 15.3 Å². The van der Waals surface area contributed by atoms with Gasteiger partial charge in [-0.25, -0.2) is 4.21 Å². The van der Waals surface area contributed by atoms with Crippen molar-refractivity contribution in [1.29, 1.82) is 0 Å². The summed E-state index contributed by atoms with van der Waals surface area (Å²) in [6.07, 6.45) is 1.40. The van der Waals surface area contributed by atoms with Crippen LogP contribution in [0, 0.1) is 6.92 Å². The highest BCUT2D eigenvalue weighted by Gasteiger charge is 2.17. The van der Waals surface area contributed by atoms with Crippen molar-refractivity contribution in [3.05, 3.63) is 59.7 Å². The molecule has 0 aliphatic rings. The molecule has 0 bridgehead atoms. The molecule has 120 valence electrons. The van der Waals surface area contributed by atoms with E-state index in [0.717, 1.165) is 5.56 Å². The van der Waals surface area contributed by atoms with Crippen LogP contribution in [0.2, 0.25) is 0 Å². The smallest absolute Gasteiger partial charge is 0.308 e. The molecule has 0 aliphatic carbocycles. The lowest BCUT2D eigenvalue weighted by Crippen LogP contribution is -2.09. The number of rotatable bonds is 3. The third kappa shape index (κ3) is 4.26. The first kappa shape index (κ1) is 16.9. The Labute approximate surface area is 135 Å². The molecule has 2 aromatic carbocycles. The number of aryl methyl sites for hydroxylation is 1. The van der Waals surface area contributed by atoms with Crippen molar-refractivity contribution in [2.45, 2.75) is 18.7 Å². The Kier molecular flexibility index (Phi) is 4.95. The zero-order valence-corrected chi connectivity index (χ0v) is 13.9. The molecule has 0 N–H and O–H groups in total. The quantitative estimate of drug-likeness (QED) is 0.639. The summed E-state index contributed by atoms with van der Waals surface area (Å²) in [5.74, 6) is -1.11. The lowest BCUT2D eigenvalue weighted by atomic mass is 10.1. The molecule has 0 spiro atoms. The Hall–Kier alpha value is -2.47. The van der Waals surface area contributed by atoms with Crippen LogP contribution in [-0.4, -0.2) is 22.3 Å². The fourth-order valence-electron chi connectivity index (χ4n) is 1.99. The monoisotopic (exact) mass is 331 g/mol. The highest BCUT2D eigenvalue weighted by Crippen LogP contribution is 2.23. The molecule has 1 unspecified atom stereocenters. The summed E-state index contributed by atoms with van der Waals surface area (Å²) in [6.45, 7) is 3.05. The minimum Gasteiger partial charge on any atom is -0.426 e. The molecular formula is C17H17NO4S. The van der Waals surface area contributed by atoms with Crippen LogP contribution in [0.25, 0.3) is 0 Å². The van der Waals surface area contributed by atoms with Crippen LogP contribution in [0.1, 0.15) is 22.8 Å². The average molecular weight is 331 g/mol. The highest BCUT2D eigenvalue weighted by atomic mass is 32.2. The Balaban J connectivity index is 2.49. The normalized spacial score (nSPS) is 13.0. The largest absolute Gasteiger partial charge is 0.426 e. The Bertz CT molecular complexity index is 865. The van der Waals surface area contributed by atoms with Gasteiger partial charge in [0.15, 0.2) is 0 Å². The van der Waals surface area contributed by atoms with Gasteiger partial charge in [-0.2, -0.15) is 4.36 Å². The molecule has 0 saturated heterocycles. The fourth-order valence-corrected chi connectivity index (χ4v) is 3.17. The second-order valence-electron chi connectivity index (χ2n) is 5.11. The number of hydrogen-bond acceptors (Lipinski definition) is 4. The lowest BCUT2D eigenvalue weighted by Gasteiger charge is -2.08. The van der Waals surface area contributed by atoms with Gasteiger partial charge in [0.25, 0.3) is 5.91 Å². The Morgan fingerprint density at radius 1 is 1.09 bits per heavy atom. The van der Waals surface area contributed by atoms with E-state index in [1.807, 2.05) is 0 Å². The van der Waals surface area contributed by atoms with E-state index in [-0.39, 0.29) is 11.3 Å². The molecule has 2 rings (SSSR count). The van der Waals surface area contributed by atoms with Gasteiger partial charge >= 0.3 is 5.97 Å². The van der Waals surface area contributed by atoms with Gasteiger partial charge in [-0.15, -0.1) is 0 Å². The molecule has 5 nitrogen and oxygen atoms in total. The third-order valence-electron chi connectivity index (χ3n) is 3.06. The van der Waals surface area contributed by atoms with Gasteiger partial charge in [-0.1, -0.05) is 29.8 Å². The molecule has 0 aromatic heterocycles. The second kappa shape index (κ2) is 6.75. The number of amides is 1. The zero-order valence-electron chi connectivity index (χ0n) is 13.1. The molecule has 0 saturated carbocycles. The molecule has 0 radical (unpaired) electrons. The first-order chi connectivity index (χ1) is 10.8. The lowest BCUT2D eigenvalue weighted by molar-refractivity contribution is -0.131. The van der Waals surface area contributed by atoms with E-state index >= 15 is 0 Å². The summed E-state index contributed by atoms with van der Waals surface area (Å²) in [6, 6.07) is 13.4. The van der Waals surface area contributed by atoms with E-state index in [2.05, 4.69) is 4.36 Å². The maximum atomic E-state index is 12.7. The van der Waals surface area contributed by atoms with Crippen molar-refractivity contribution in [1.82, 2.24) is 0 Å². The summed E-state index contributed by atoms with van der Waals surface area (Å²) >= 11 is 0. The first-order valence-electron chi connectivity index (χ1n) is 6.90. The average Bonchev–Trinajstić information content (AvgIpc) is 2.49. The number of ether oxygens (including phenoxy) is 1. The maximum absolute atomic E-state index is 12.7. The van der Waals surface area contributed by atoms with Crippen LogP contribution in [0.4, 0.5) is 0 Å². The van der Waals surface area contributed by atoms with Crippen molar-refractivity contribution < 1.29 is 18.5 Å². The van der Waals surface area contributed by atoms with Crippen molar-refractivity contribution in [3.63, 3.8) is 0 Å². The van der Waals surface area contributed by atoms with E-state index < -0.39 is 21.6 Å². The summed E-state index contributed by atoms with van der Waals surface area (Å²) in [5.41, 5.74) is 0.924. The predicted molar refractivity (Wildman–Crippen MR) is 88.0 cm³/mol. The number of hydrogen-bond donors (Lipinski definition) is 0. The van der Waals surface area contributed by atoms with Crippen LogP contribution in [0.15, 0.2) is 57.8 Å². The van der Waals surface area contributed by atoms with E-state index in [9.17, 15) is 13.8 Å². The number of benzene rings is 2. The molecule has 23 heavy (non-hydrogen) atoms. The number of carbonyl (C=O) groups is 2. The molecule has 0 aliphatic heterocycles. The number of nitrogens with zero attached hydrogens (tertiary/aromatic N) is 1. The van der Waals surface area contributed by atoms with Gasteiger partial charge < -0.3 is 4.74 Å². The molecule has 6 heteroatoms. The predicted octanol–water partition coefficient (Wildman–Crippen LogP) is 3.22. The SMILES string of the molecule is CC(=O)Oc1ccc(C)cc1C(=O)N=S(C)(=O)c1ccccc1. The minimum absolute atomic E-state index is 0.111. The first-order valence-corrected chi connectivity index (χ1v) is 8.82. The number of esters is 1. The summed E-state index contributed by atoms with van der Waals surface area (Å²) < 4.78 is 21.6. The summed E-state index contributed by atoms with van der Waals surface area (Å²) in [4.78, 5) is 24.1. The Morgan fingerprint density at radius 3 is 2.35 bits per heavy atom. The standard InChI is InChI=1S/C17H17NO4S/c1-12-9-10-16(22-13(2)19)15(11-12)17(20)18-23(3,21)14-7-5-4-6-8-14/h4-11H,1-3H3. The zero-order chi connectivity index (χ0) is 17.0. The molecule has 1 atom stereocenters. The summed E-state index contributed by atoms with van der Waals surface area (Å²) in [7, 11) is -2.88. The van der Waals surface area contributed by atoms with E-state index in [4.69, 9.17) is 4.74 Å². The van der Waals surface area contributed by atoms with Crippen LogP contribution >= 0.6 is 0 Å². The maximum Gasteiger partial charge on any atom is 0.308 e. The van der Waals surface area contributed by atoms with Crippen LogP contribution in [0.3, 0.4) is 0 Å². The van der Waals surface area contributed by atoms with Crippen LogP contribution in [0.5, 0.6) is 5.75 Å².